The topological polar surface area (TPSA) is 91.8 Å². The summed E-state index contributed by atoms with van der Waals surface area (Å²) in [5.41, 5.74) is 2.76. The van der Waals surface area contributed by atoms with Gasteiger partial charge in [0.25, 0.3) is 0 Å². The average Bonchev–Trinajstić information content (AvgIpc) is 2.79. The molecule has 1 aliphatic carbocycles. The molecule has 166 valence electrons. The molecule has 0 bridgehead atoms. The highest BCUT2D eigenvalue weighted by molar-refractivity contribution is 7.89. The molecule has 2 aliphatic rings. The molecule has 2 aromatic carbocycles. The summed E-state index contributed by atoms with van der Waals surface area (Å²) in [6.07, 6.45) is 4.08. The van der Waals surface area contributed by atoms with E-state index in [9.17, 15) is 21.6 Å². The van der Waals surface area contributed by atoms with Gasteiger partial charge in [-0.1, -0.05) is 18.2 Å². The fourth-order valence-electron chi connectivity index (χ4n) is 4.18. The maximum absolute atomic E-state index is 13.1. The number of ketones is 1. The quantitative estimate of drug-likeness (QED) is 0.637. The summed E-state index contributed by atoms with van der Waals surface area (Å²) in [4.78, 5) is 11.8. The third-order valence-corrected chi connectivity index (χ3v) is 9.86. The molecule has 1 saturated heterocycles. The number of carbonyl (C=O) groups excluding carboxylic acids is 1. The first-order valence-corrected chi connectivity index (χ1v) is 13.3. The molecule has 4 rings (SSSR count). The van der Waals surface area contributed by atoms with Crippen LogP contribution in [0.15, 0.2) is 52.3 Å². The predicted octanol–water partition coefficient (Wildman–Crippen LogP) is 2.46. The van der Waals surface area contributed by atoms with Crippen molar-refractivity contribution in [3.63, 3.8) is 0 Å². The summed E-state index contributed by atoms with van der Waals surface area (Å²) < 4.78 is 54.8. The Balaban J connectivity index is 1.48. The van der Waals surface area contributed by atoms with E-state index >= 15 is 0 Å². The van der Waals surface area contributed by atoms with Crippen LogP contribution in [0, 0.1) is 0 Å². The van der Waals surface area contributed by atoms with Crippen LogP contribution in [-0.4, -0.2) is 57.4 Å². The lowest BCUT2D eigenvalue weighted by Crippen LogP contribution is -2.50. The average molecular weight is 463 g/mol. The second kappa shape index (κ2) is 8.46. The first-order chi connectivity index (χ1) is 14.7. The number of sulfonamides is 2. The zero-order chi connectivity index (χ0) is 22.2. The molecular formula is C22H26N2O5S2. The van der Waals surface area contributed by atoms with Crippen LogP contribution in [0.25, 0.3) is 0 Å². The molecule has 1 aliphatic heterocycles. The van der Waals surface area contributed by atoms with Crippen LogP contribution >= 0.6 is 0 Å². The molecule has 9 heteroatoms. The van der Waals surface area contributed by atoms with Crippen LogP contribution < -0.4 is 0 Å². The highest BCUT2D eigenvalue weighted by Crippen LogP contribution is 2.27. The Labute approximate surface area is 183 Å². The maximum Gasteiger partial charge on any atom is 0.243 e. The van der Waals surface area contributed by atoms with Crippen LogP contribution in [0.5, 0.6) is 0 Å². The standard InChI is InChI=1S/C22H26N2O5S2/c1-17(25)18-6-9-21(10-7-18)30(26,27)23-12-14-24(15-13-23)31(28,29)22-11-8-19-4-2-3-5-20(19)16-22/h6-11,16H,2-5,12-15H2,1H3. The summed E-state index contributed by atoms with van der Waals surface area (Å²) in [5, 5.41) is 0. The van der Waals surface area contributed by atoms with Crippen LogP contribution in [0.1, 0.15) is 41.3 Å². The van der Waals surface area contributed by atoms with Gasteiger partial charge in [-0.25, -0.2) is 16.8 Å². The van der Waals surface area contributed by atoms with E-state index in [1.54, 1.807) is 12.1 Å². The van der Waals surface area contributed by atoms with Crippen molar-refractivity contribution in [2.45, 2.75) is 42.4 Å². The highest BCUT2D eigenvalue weighted by Gasteiger charge is 2.34. The molecule has 0 aromatic heterocycles. The smallest absolute Gasteiger partial charge is 0.243 e. The molecule has 31 heavy (non-hydrogen) atoms. The normalized spacial score (nSPS) is 18.5. The Morgan fingerprint density at radius 3 is 1.74 bits per heavy atom. The molecule has 0 amide bonds. The van der Waals surface area contributed by atoms with E-state index < -0.39 is 20.0 Å². The number of hydrogen-bond acceptors (Lipinski definition) is 5. The monoisotopic (exact) mass is 462 g/mol. The lowest BCUT2D eigenvalue weighted by atomic mass is 9.92. The molecule has 0 unspecified atom stereocenters. The third kappa shape index (κ3) is 4.32. The Morgan fingerprint density at radius 1 is 0.710 bits per heavy atom. The van der Waals surface area contributed by atoms with Gasteiger partial charge in [-0.05, 0) is 68.0 Å². The number of aryl methyl sites for hydroxylation is 2. The van der Waals surface area contributed by atoms with Crippen LogP contribution in [0.3, 0.4) is 0 Å². The molecule has 7 nitrogen and oxygen atoms in total. The molecular weight excluding hydrogens is 436 g/mol. The third-order valence-electron chi connectivity index (χ3n) is 6.05. The summed E-state index contributed by atoms with van der Waals surface area (Å²) in [7, 11) is -7.42. The van der Waals surface area contributed by atoms with E-state index in [0.717, 1.165) is 31.2 Å². The highest BCUT2D eigenvalue weighted by atomic mass is 32.2. The zero-order valence-electron chi connectivity index (χ0n) is 17.5. The largest absolute Gasteiger partial charge is 0.295 e. The number of Topliss-reactive ketones (excluding diaryl/α,β-unsaturated/α-hetero) is 1. The van der Waals surface area contributed by atoms with Gasteiger partial charge in [0, 0.05) is 31.7 Å². The first-order valence-electron chi connectivity index (χ1n) is 10.4. The van der Waals surface area contributed by atoms with Gasteiger partial charge >= 0.3 is 0 Å². The number of carbonyl (C=O) groups is 1. The van der Waals surface area contributed by atoms with Crippen molar-refractivity contribution >= 4 is 25.8 Å². The number of benzene rings is 2. The summed E-state index contributed by atoms with van der Waals surface area (Å²) in [6, 6.07) is 11.2. The zero-order valence-corrected chi connectivity index (χ0v) is 19.1. The number of hydrogen-bond donors (Lipinski definition) is 0. The fourth-order valence-corrected chi connectivity index (χ4v) is 7.08. The molecule has 2 aromatic rings. The van der Waals surface area contributed by atoms with Crippen molar-refractivity contribution in [1.82, 2.24) is 8.61 Å². The van der Waals surface area contributed by atoms with E-state index in [0.29, 0.717) is 5.56 Å². The van der Waals surface area contributed by atoms with Gasteiger partial charge in [-0.2, -0.15) is 8.61 Å². The Kier molecular flexibility index (Phi) is 6.04. The predicted molar refractivity (Wildman–Crippen MR) is 117 cm³/mol. The van der Waals surface area contributed by atoms with Gasteiger partial charge in [0.2, 0.25) is 20.0 Å². The van der Waals surface area contributed by atoms with Crippen molar-refractivity contribution in [3.8, 4) is 0 Å². The second-order valence-electron chi connectivity index (χ2n) is 8.03. The van der Waals surface area contributed by atoms with E-state index in [4.69, 9.17) is 0 Å². The lowest BCUT2D eigenvalue weighted by molar-refractivity contribution is 0.101. The second-order valence-corrected chi connectivity index (χ2v) is 11.9. The van der Waals surface area contributed by atoms with E-state index in [1.807, 2.05) is 6.07 Å². The van der Waals surface area contributed by atoms with Crippen LogP contribution in [-0.2, 0) is 32.9 Å². The Morgan fingerprint density at radius 2 is 1.19 bits per heavy atom. The minimum atomic E-state index is -3.75. The minimum absolute atomic E-state index is 0.0843. The molecule has 1 fully saturated rings. The maximum atomic E-state index is 13.1. The van der Waals surface area contributed by atoms with Crippen molar-refractivity contribution in [2.75, 3.05) is 26.2 Å². The summed E-state index contributed by atoms with van der Waals surface area (Å²) in [5.74, 6) is -0.134. The van der Waals surface area contributed by atoms with E-state index in [1.165, 1.54) is 45.4 Å². The number of nitrogens with zero attached hydrogens (tertiary/aromatic N) is 2. The molecule has 0 atom stereocenters. The van der Waals surface area contributed by atoms with Gasteiger partial charge in [0.15, 0.2) is 5.78 Å². The number of rotatable bonds is 5. The van der Waals surface area contributed by atoms with Gasteiger partial charge in [0.1, 0.15) is 0 Å². The SMILES string of the molecule is CC(=O)c1ccc(S(=O)(=O)N2CCN(S(=O)(=O)c3ccc4c(c3)CCCC4)CC2)cc1. The Bertz CT molecular complexity index is 1200. The fraction of sp³-hybridized carbons (Fsp3) is 0.409. The first kappa shape index (κ1) is 22.1. The summed E-state index contributed by atoms with van der Waals surface area (Å²) in [6.45, 7) is 1.79. The molecule has 1 heterocycles. The molecule has 0 N–H and O–H groups in total. The molecule has 0 radical (unpaired) electrons. The van der Waals surface area contributed by atoms with Gasteiger partial charge in [0.05, 0.1) is 9.79 Å². The van der Waals surface area contributed by atoms with Crippen molar-refractivity contribution < 1.29 is 21.6 Å². The molecule has 0 spiro atoms. The summed E-state index contributed by atoms with van der Waals surface area (Å²) >= 11 is 0. The van der Waals surface area contributed by atoms with Crippen LogP contribution in [0.4, 0.5) is 0 Å². The van der Waals surface area contributed by atoms with Gasteiger partial charge < -0.3 is 0 Å². The number of piperazine rings is 1. The molecule has 0 saturated carbocycles. The minimum Gasteiger partial charge on any atom is -0.295 e. The van der Waals surface area contributed by atoms with Crippen LogP contribution in [0.2, 0.25) is 0 Å². The van der Waals surface area contributed by atoms with E-state index in [-0.39, 0.29) is 41.8 Å². The number of fused-ring (bicyclic) bond motifs is 1. The van der Waals surface area contributed by atoms with E-state index in [2.05, 4.69) is 0 Å². The Hall–Kier alpha value is -2.07. The van der Waals surface area contributed by atoms with Gasteiger partial charge in [-0.15, -0.1) is 0 Å². The van der Waals surface area contributed by atoms with Gasteiger partial charge in [-0.3, -0.25) is 4.79 Å². The van der Waals surface area contributed by atoms with Crippen molar-refractivity contribution in [2.24, 2.45) is 0 Å². The van der Waals surface area contributed by atoms with Crippen molar-refractivity contribution in [1.29, 1.82) is 0 Å². The lowest BCUT2D eigenvalue weighted by Gasteiger charge is -2.33. The van der Waals surface area contributed by atoms with Crippen molar-refractivity contribution in [3.05, 3.63) is 59.2 Å².